The summed E-state index contributed by atoms with van der Waals surface area (Å²) in [5.74, 6) is 0. The summed E-state index contributed by atoms with van der Waals surface area (Å²) in [5.41, 5.74) is -5.48. The first-order chi connectivity index (χ1) is 8.13. The largest absolute Gasteiger partial charge is 0.513 e. The van der Waals surface area contributed by atoms with Gasteiger partial charge in [-0.3, -0.25) is 0 Å². The first kappa shape index (κ1) is 16.6. The molecule has 1 fully saturated rings. The third-order valence-electron chi connectivity index (χ3n) is 2.41. The molecule has 1 rings (SSSR count). The molecule has 0 spiro atoms. The predicted molar refractivity (Wildman–Crippen MR) is 67.4 cm³/mol. The molecule has 1 unspecified atom stereocenters. The van der Waals surface area contributed by atoms with E-state index in [9.17, 15) is 25.8 Å². The van der Waals surface area contributed by atoms with Gasteiger partial charge >= 0.3 is 15.5 Å². The lowest BCUT2D eigenvalue weighted by molar-refractivity contribution is -0.0474. The fraction of sp³-hybridized carbons (Fsp3) is 1.00. The van der Waals surface area contributed by atoms with Gasteiger partial charge in [0.2, 0.25) is 0 Å². The molecule has 0 bridgehead atoms. The fourth-order valence-electron chi connectivity index (χ4n) is 1.41. The van der Waals surface area contributed by atoms with Crippen molar-refractivity contribution >= 4 is 43.7 Å². The van der Waals surface area contributed by atoms with Crippen molar-refractivity contribution in [3.63, 3.8) is 0 Å². The van der Waals surface area contributed by atoms with Gasteiger partial charge in [0.05, 0.1) is 5.25 Å². The SMILES string of the molecule is O=S(ONS(=O)(=O)C(F)(F)F)C1CCC(I)CC1. The molecule has 11 heteroatoms. The molecular weight excluding hydrogens is 410 g/mol. The van der Waals surface area contributed by atoms with E-state index in [1.165, 1.54) is 0 Å². The fourth-order valence-corrected chi connectivity index (χ4v) is 3.64. The van der Waals surface area contributed by atoms with Gasteiger partial charge in [0.25, 0.3) is 0 Å². The molecule has 5 nitrogen and oxygen atoms in total. The van der Waals surface area contributed by atoms with E-state index in [0.717, 1.165) is 17.7 Å². The average Bonchev–Trinajstić information content (AvgIpc) is 2.25. The molecule has 0 aliphatic heterocycles. The van der Waals surface area contributed by atoms with Gasteiger partial charge in [0.1, 0.15) is 0 Å². The lowest BCUT2D eigenvalue weighted by Crippen LogP contribution is -2.38. The lowest BCUT2D eigenvalue weighted by Gasteiger charge is -2.23. The number of alkyl halides is 4. The van der Waals surface area contributed by atoms with Gasteiger partial charge in [-0.2, -0.15) is 17.5 Å². The number of nitrogens with one attached hydrogen (secondary N) is 1. The van der Waals surface area contributed by atoms with Crippen LogP contribution in [0.1, 0.15) is 25.7 Å². The molecule has 1 saturated carbocycles. The molecule has 0 radical (unpaired) electrons. The Balaban J connectivity index is 2.47. The highest BCUT2D eigenvalue weighted by Crippen LogP contribution is 2.28. The van der Waals surface area contributed by atoms with Crippen LogP contribution in [0.5, 0.6) is 0 Å². The number of hydrogen-bond donors (Lipinski definition) is 1. The monoisotopic (exact) mass is 421 g/mol. The second-order valence-electron chi connectivity index (χ2n) is 3.75. The van der Waals surface area contributed by atoms with Crippen LogP contribution in [0, 0.1) is 0 Å². The van der Waals surface area contributed by atoms with Crippen molar-refractivity contribution in [2.45, 2.75) is 40.4 Å². The Morgan fingerprint density at radius 3 is 2.17 bits per heavy atom. The summed E-state index contributed by atoms with van der Waals surface area (Å²) in [4.78, 5) is 0.852. The van der Waals surface area contributed by atoms with Crippen LogP contribution in [0.2, 0.25) is 0 Å². The Morgan fingerprint density at radius 2 is 1.72 bits per heavy atom. The van der Waals surface area contributed by atoms with Crippen LogP contribution < -0.4 is 4.89 Å². The summed E-state index contributed by atoms with van der Waals surface area (Å²) in [6.45, 7) is 0. The van der Waals surface area contributed by atoms with Crippen LogP contribution in [-0.2, 0) is 25.4 Å². The number of hydrogen-bond acceptors (Lipinski definition) is 4. The Labute approximate surface area is 119 Å². The van der Waals surface area contributed by atoms with Crippen LogP contribution in [0.4, 0.5) is 13.2 Å². The zero-order chi connectivity index (χ0) is 14.0. The summed E-state index contributed by atoms with van der Waals surface area (Å²) in [6, 6.07) is 0. The molecule has 0 aromatic heterocycles. The maximum absolute atomic E-state index is 11.9. The molecule has 0 aromatic carbocycles. The Kier molecular flexibility index (Phi) is 5.83. The average molecular weight is 421 g/mol. The molecule has 108 valence electrons. The van der Waals surface area contributed by atoms with Gasteiger partial charge < -0.3 is 0 Å². The van der Waals surface area contributed by atoms with Gasteiger partial charge in [-0.1, -0.05) is 27.5 Å². The highest BCUT2D eigenvalue weighted by Gasteiger charge is 2.47. The molecule has 0 saturated heterocycles. The summed E-state index contributed by atoms with van der Waals surface area (Å²) >= 11 is 0.139. The lowest BCUT2D eigenvalue weighted by atomic mass is 10.0. The normalized spacial score (nSPS) is 28.0. The first-order valence-corrected chi connectivity index (χ1v) is 8.80. The summed E-state index contributed by atoms with van der Waals surface area (Å²) in [5, 5.41) is -0.438. The second-order valence-corrected chi connectivity index (χ2v) is 8.50. The minimum Gasteiger partial charge on any atom is -0.228 e. The Morgan fingerprint density at radius 1 is 1.22 bits per heavy atom. The second kappa shape index (κ2) is 6.33. The van der Waals surface area contributed by atoms with Crippen molar-refractivity contribution in [3.05, 3.63) is 0 Å². The van der Waals surface area contributed by atoms with E-state index >= 15 is 0 Å². The first-order valence-electron chi connectivity index (χ1n) is 4.93. The van der Waals surface area contributed by atoms with E-state index in [-0.39, 0.29) is 0 Å². The van der Waals surface area contributed by atoms with Crippen molar-refractivity contribution in [3.8, 4) is 0 Å². The Hall–Kier alpha value is 0.540. The van der Waals surface area contributed by atoms with Gasteiger partial charge in [-0.25, -0.2) is 12.6 Å². The zero-order valence-electron chi connectivity index (χ0n) is 8.94. The molecule has 1 atom stereocenters. The Bertz CT molecular complexity index is 405. The van der Waals surface area contributed by atoms with Crippen molar-refractivity contribution in [2.75, 3.05) is 0 Å². The van der Waals surface area contributed by atoms with E-state index in [1.807, 2.05) is 0 Å². The molecule has 0 heterocycles. The molecule has 0 amide bonds. The molecule has 1 N–H and O–H groups in total. The van der Waals surface area contributed by atoms with E-state index < -0.39 is 31.9 Å². The van der Waals surface area contributed by atoms with Crippen LogP contribution in [0.3, 0.4) is 0 Å². The van der Waals surface area contributed by atoms with Crippen LogP contribution in [0.25, 0.3) is 0 Å². The van der Waals surface area contributed by atoms with Gasteiger partial charge in [0, 0.05) is 3.92 Å². The smallest absolute Gasteiger partial charge is 0.228 e. The maximum atomic E-state index is 11.9. The van der Waals surface area contributed by atoms with Crippen molar-refractivity contribution in [2.24, 2.45) is 0 Å². The summed E-state index contributed by atoms with van der Waals surface area (Å²) < 4.78 is 73.1. The minimum absolute atomic E-state index is 0.438. The summed E-state index contributed by atoms with van der Waals surface area (Å²) in [6.07, 6.45) is 2.64. The van der Waals surface area contributed by atoms with Gasteiger partial charge in [-0.15, -0.1) is 0 Å². The van der Waals surface area contributed by atoms with Gasteiger partial charge in [0.15, 0.2) is 11.1 Å². The number of rotatable bonds is 4. The zero-order valence-corrected chi connectivity index (χ0v) is 12.7. The summed E-state index contributed by atoms with van der Waals surface area (Å²) in [7, 11) is -5.61. The van der Waals surface area contributed by atoms with E-state index in [2.05, 4.69) is 26.9 Å². The van der Waals surface area contributed by atoms with Crippen molar-refractivity contribution in [1.82, 2.24) is 4.89 Å². The standard InChI is InChI=1S/C7H11F3INO4S2/c8-7(9,10)18(14,15)12-16-17(13)6-3-1-5(11)2-4-6/h5-6,12H,1-4H2. The quantitative estimate of drug-likeness (QED) is 0.427. The highest BCUT2D eigenvalue weighted by molar-refractivity contribution is 14.1. The number of sulfonamides is 1. The minimum atomic E-state index is -5.61. The van der Waals surface area contributed by atoms with E-state index in [4.69, 9.17) is 0 Å². The molecule has 18 heavy (non-hydrogen) atoms. The molecular formula is C7H11F3INO4S2. The molecule has 1 aliphatic carbocycles. The highest BCUT2D eigenvalue weighted by atomic mass is 127. The predicted octanol–water partition coefficient (Wildman–Crippen LogP) is 1.77. The maximum Gasteiger partial charge on any atom is 0.513 e. The topological polar surface area (TPSA) is 72.5 Å². The molecule has 1 aliphatic rings. The van der Waals surface area contributed by atoms with Crippen molar-refractivity contribution < 1.29 is 30.1 Å². The van der Waals surface area contributed by atoms with Crippen LogP contribution in [0.15, 0.2) is 0 Å². The van der Waals surface area contributed by atoms with Gasteiger partial charge in [-0.05, 0) is 25.7 Å². The third-order valence-corrected chi connectivity index (χ3v) is 5.93. The third kappa shape index (κ3) is 4.58. The van der Waals surface area contributed by atoms with Crippen LogP contribution in [-0.4, -0.2) is 27.3 Å². The van der Waals surface area contributed by atoms with E-state index in [1.54, 1.807) is 0 Å². The molecule has 0 aromatic rings. The van der Waals surface area contributed by atoms with E-state index in [0.29, 0.717) is 16.8 Å². The number of halogens is 4. The van der Waals surface area contributed by atoms with Crippen molar-refractivity contribution in [1.29, 1.82) is 0 Å². The van der Waals surface area contributed by atoms with Crippen LogP contribution >= 0.6 is 22.6 Å².